The van der Waals surface area contributed by atoms with E-state index in [9.17, 15) is 9.18 Å². The summed E-state index contributed by atoms with van der Waals surface area (Å²) < 4.78 is 13.0. The minimum Gasteiger partial charge on any atom is -0.298 e. The van der Waals surface area contributed by atoms with Gasteiger partial charge in [0.2, 0.25) is 0 Å². The molecule has 98 valence electrons. The fraction of sp³-hybridized carbons (Fsp3) is 0.133. The molecule has 1 nitrogen and oxygen atoms in total. The monoisotopic (exact) mass is 294 g/mol. The van der Waals surface area contributed by atoms with Gasteiger partial charge in [-0.3, -0.25) is 4.79 Å². The number of carbonyl (C=O) groups is 1. The second kappa shape index (κ2) is 6.73. The summed E-state index contributed by atoms with van der Waals surface area (Å²) in [6.07, 6.45) is 0.278. The third-order valence-electron chi connectivity index (χ3n) is 2.53. The van der Waals surface area contributed by atoms with Gasteiger partial charge >= 0.3 is 0 Å². The van der Waals surface area contributed by atoms with Crippen LogP contribution in [0, 0.1) is 5.82 Å². The molecule has 19 heavy (non-hydrogen) atoms. The highest BCUT2D eigenvalue weighted by Gasteiger charge is 2.07. The quantitative estimate of drug-likeness (QED) is 0.761. The van der Waals surface area contributed by atoms with Crippen LogP contribution in [-0.2, 0) is 11.2 Å². The number of carbonyl (C=O) groups excluding carboxylic acids is 1. The van der Waals surface area contributed by atoms with Gasteiger partial charge in [-0.2, -0.15) is 0 Å². The number of Topliss-reactive ketones (excluding diaryl/α,β-unsaturated/α-hetero) is 1. The van der Waals surface area contributed by atoms with Crippen molar-refractivity contribution < 1.29 is 9.18 Å². The van der Waals surface area contributed by atoms with Gasteiger partial charge in [0.1, 0.15) is 11.6 Å². The van der Waals surface area contributed by atoms with Crippen molar-refractivity contribution in [2.24, 2.45) is 0 Å². The van der Waals surface area contributed by atoms with Gasteiger partial charge in [-0.15, -0.1) is 11.8 Å². The lowest BCUT2D eigenvalue weighted by molar-refractivity contribution is -0.116. The molecule has 0 atom stereocenters. The number of benzene rings is 2. The van der Waals surface area contributed by atoms with Gasteiger partial charge in [-0.05, 0) is 29.8 Å². The van der Waals surface area contributed by atoms with Crippen molar-refractivity contribution >= 4 is 29.1 Å². The summed E-state index contributed by atoms with van der Waals surface area (Å²) in [6, 6.07) is 14.1. The molecule has 2 aromatic rings. The highest BCUT2D eigenvalue weighted by atomic mass is 35.5. The van der Waals surface area contributed by atoms with E-state index in [0.717, 1.165) is 10.5 Å². The first-order chi connectivity index (χ1) is 9.15. The Kier molecular flexibility index (Phi) is 5.00. The van der Waals surface area contributed by atoms with Crippen molar-refractivity contribution in [2.45, 2.75) is 11.3 Å². The van der Waals surface area contributed by atoms with Crippen molar-refractivity contribution in [1.29, 1.82) is 0 Å². The topological polar surface area (TPSA) is 17.1 Å². The summed E-state index contributed by atoms with van der Waals surface area (Å²) in [6.45, 7) is 0. The number of ketones is 1. The summed E-state index contributed by atoms with van der Waals surface area (Å²) in [5.41, 5.74) is 0.741. The third-order valence-corrected chi connectivity index (χ3v) is 3.89. The summed E-state index contributed by atoms with van der Waals surface area (Å²) in [5.74, 6) is 0.0343. The van der Waals surface area contributed by atoms with E-state index in [1.54, 1.807) is 6.07 Å². The molecule has 0 aliphatic heterocycles. The second-order valence-electron chi connectivity index (χ2n) is 4.07. The summed E-state index contributed by atoms with van der Waals surface area (Å²) >= 11 is 7.18. The van der Waals surface area contributed by atoms with Crippen molar-refractivity contribution in [3.8, 4) is 0 Å². The molecule has 0 saturated carbocycles. The summed E-state index contributed by atoms with van der Waals surface area (Å²) in [5, 5.41) is 0.0565. The Bertz CT molecular complexity index is 572. The van der Waals surface area contributed by atoms with Crippen molar-refractivity contribution in [1.82, 2.24) is 0 Å². The number of hydrogen-bond donors (Lipinski definition) is 0. The van der Waals surface area contributed by atoms with Crippen LogP contribution in [0.3, 0.4) is 0 Å². The van der Waals surface area contributed by atoms with Crippen molar-refractivity contribution in [3.05, 3.63) is 64.9 Å². The standard InChI is InChI=1S/C15H12ClFOS/c16-14-9-11(6-7-15(14)17)8-12(18)10-19-13-4-2-1-3-5-13/h1-7,9H,8,10H2. The summed E-state index contributed by atoms with van der Waals surface area (Å²) in [4.78, 5) is 12.9. The highest BCUT2D eigenvalue weighted by molar-refractivity contribution is 8.00. The second-order valence-corrected chi connectivity index (χ2v) is 5.52. The average Bonchev–Trinajstić information content (AvgIpc) is 2.42. The van der Waals surface area contributed by atoms with Crippen LogP contribution in [-0.4, -0.2) is 11.5 Å². The molecule has 0 radical (unpaired) electrons. The molecule has 0 spiro atoms. The van der Waals surface area contributed by atoms with E-state index in [4.69, 9.17) is 11.6 Å². The van der Waals surface area contributed by atoms with Crippen LogP contribution in [0.4, 0.5) is 4.39 Å². The Hall–Kier alpha value is -1.32. The van der Waals surface area contributed by atoms with Crippen LogP contribution in [0.15, 0.2) is 53.4 Å². The van der Waals surface area contributed by atoms with Crippen LogP contribution < -0.4 is 0 Å². The predicted octanol–water partition coefficient (Wildman–Crippen LogP) is 4.38. The molecule has 2 aromatic carbocycles. The van der Waals surface area contributed by atoms with Gasteiger partial charge in [-0.1, -0.05) is 35.9 Å². The van der Waals surface area contributed by atoms with Crippen LogP contribution in [0.25, 0.3) is 0 Å². The number of thioether (sulfide) groups is 1. The number of halogens is 2. The van der Waals surface area contributed by atoms with Crippen LogP contribution >= 0.6 is 23.4 Å². The first-order valence-corrected chi connectivity index (χ1v) is 7.15. The third kappa shape index (κ3) is 4.37. The van der Waals surface area contributed by atoms with Gasteiger partial charge in [0.15, 0.2) is 0 Å². The van der Waals surface area contributed by atoms with E-state index in [-0.39, 0.29) is 17.2 Å². The Labute approximate surface area is 120 Å². The Balaban J connectivity index is 1.89. The molecule has 0 saturated heterocycles. The molecule has 0 fully saturated rings. The molecule has 0 bridgehead atoms. The zero-order chi connectivity index (χ0) is 13.7. The van der Waals surface area contributed by atoms with Gasteiger partial charge in [0.05, 0.1) is 10.8 Å². The van der Waals surface area contributed by atoms with Crippen LogP contribution in [0.5, 0.6) is 0 Å². The van der Waals surface area contributed by atoms with Gasteiger partial charge in [0.25, 0.3) is 0 Å². The Morgan fingerprint density at radius 2 is 1.89 bits per heavy atom. The largest absolute Gasteiger partial charge is 0.298 e. The molecular formula is C15H12ClFOS. The summed E-state index contributed by atoms with van der Waals surface area (Å²) in [7, 11) is 0. The molecule has 4 heteroatoms. The van der Waals surface area contributed by atoms with Crippen molar-refractivity contribution in [3.63, 3.8) is 0 Å². The smallest absolute Gasteiger partial charge is 0.147 e. The van der Waals surface area contributed by atoms with Crippen molar-refractivity contribution in [2.75, 3.05) is 5.75 Å². The molecule has 0 aliphatic rings. The van der Waals surface area contributed by atoms with E-state index in [1.807, 2.05) is 30.3 Å². The lowest BCUT2D eigenvalue weighted by atomic mass is 10.1. The van der Waals surface area contributed by atoms with E-state index >= 15 is 0 Å². The molecule has 2 rings (SSSR count). The first kappa shape index (κ1) is 14.1. The highest BCUT2D eigenvalue weighted by Crippen LogP contribution is 2.19. The molecule has 0 amide bonds. The lowest BCUT2D eigenvalue weighted by Gasteiger charge is -2.03. The van der Waals surface area contributed by atoms with E-state index < -0.39 is 5.82 Å². The van der Waals surface area contributed by atoms with Crippen LogP contribution in [0.1, 0.15) is 5.56 Å². The zero-order valence-electron chi connectivity index (χ0n) is 10.1. The fourth-order valence-corrected chi connectivity index (χ4v) is 2.59. The minimum absolute atomic E-state index is 0.0565. The maximum Gasteiger partial charge on any atom is 0.147 e. The SMILES string of the molecule is O=C(CSc1ccccc1)Cc1ccc(F)c(Cl)c1. The maximum atomic E-state index is 13.0. The van der Waals surface area contributed by atoms with Gasteiger partial charge in [-0.25, -0.2) is 4.39 Å². The van der Waals surface area contributed by atoms with Gasteiger partial charge < -0.3 is 0 Å². The Morgan fingerprint density at radius 3 is 2.58 bits per heavy atom. The molecule has 0 unspecified atom stereocenters. The Morgan fingerprint density at radius 1 is 1.16 bits per heavy atom. The maximum absolute atomic E-state index is 13.0. The lowest BCUT2D eigenvalue weighted by Crippen LogP contribution is -2.05. The average molecular weight is 295 g/mol. The fourth-order valence-electron chi connectivity index (χ4n) is 1.61. The number of rotatable bonds is 5. The predicted molar refractivity (Wildman–Crippen MR) is 77.3 cm³/mol. The first-order valence-electron chi connectivity index (χ1n) is 5.78. The van der Waals surface area contributed by atoms with E-state index in [1.165, 1.54) is 23.9 Å². The van der Waals surface area contributed by atoms with Crippen LogP contribution in [0.2, 0.25) is 5.02 Å². The van der Waals surface area contributed by atoms with E-state index in [2.05, 4.69) is 0 Å². The molecule has 0 N–H and O–H groups in total. The zero-order valence-corrected chi connectivity index (χ0v) is 11.7. The molecule has 0 aromatic heterocycles. The van der Waals surface area contributed by atoms with Gasteiger partial charge in [0, 0.05) is 11.3 Å². The molecule has 0 heterocycles. The normalized spacial score (nSPS) is 10.4. The number of hydrogen-bond acceptors (Lipinski definition) is 2. The minimum atomic E-state index is -0.462. The molecular weight excluding hydrogens is 283 g/mol. The van der Waals surface area contributed by atoms with E-state index in [0.29, 0.717) is 5.75 Å². The molecule has 0 aliphatic carbocycles.